The lowest BCUT2D eigenvalue weighted by molar-refractivity contribution is -0.262. The summed E-state index contributed by atoms with van der Waals surface area (Å²) in [5, 5.41) is 17.7. The Morgan fingerprint density at radius 2 is 1.71 bits per heavy atom. The van der Waals surface area contributed by atoms with E-state index in [4.69, 9.17) is 0 Å². The van der Waals surface area contributed by atoms with Crippen LogP contribution in [-0.2, 0) is 18.3 Å². The molecule has 1 N–H and O–H groups in total. The molecule has 31 heavy (non-hydrogen) atoms. The lowest BCUT2D eigenvalue weighted by Crippen LogP contribution is -2.42. The molecule has 0 radical (unpaired) electrons. The molecule has 13 heteroatoms. The van der Waals surface area contributed by atoms with Crippen molar-refractivity contribution in [3.05, 3.63) is 41.6 Å². The topological polar surface area (TPSA) is 68.8 Å². The minimum absolute atomic E-state index is 0.0257. The smallest absolute Gasteiger partial charge is 0.374 e. The number of hydrogen-bond acceptors (Lipinski definition) is 4. The zero-order valence-electron chi connectivity index (χ0n) is 15.9. The first-order valence-electron chi connectivity index (χ1n) is 8.91. The van der Waals surface area contributed by atoms with Gasteiger partial charge in [0.05, 0.1) is 17.8 Å². The molecule has 0 unspecified atom stereocenters. The summed E-state index contributed by atoms with van der Waals surface area (Å²) >= 11 is 0. The zero-order valence-corrected chi connectivity index (χ0v) is 15.9. The van der Waals surface area contributed by atoms with Crippen LogP contribution in [0.4, 0.5) is 30.7 Å². The molecule has 6 nitrogen and oxygen atoms in total. The van der Waals surface area contributed by atoms with Crippen molar-refractivity contribution in [3.63, 3.8) is 0 Å². The van der Waals surface area contributed by atoms with E-state index in [2.05, 4.69) is 15.2 Å². The molecule has 166 valence electrons. The number of rotatable bonds is 2. The lowest BCUT2D eigenvalue weighted by atomic mass is 10.0. The Morgan fingerprint density at radius 1 is 1.06 bits per heavy atom. The van der Waals surface area contributed by atoms with Crippen LogP contribution < -0.4 is 0 Å². The fourth-order valence-corrected chi connectivity index (χ4v) is 3.62. The van der Waals surface area contributed by atoms with Crippen molar-refractivity contribution in [2.45, 2.75) is 44.4 Å². The molecule has 0 amide bonds. The maximum absolute atomic E-state index is 13.5. The summed E-state index contributed by atoms with van der Waals surface area (Å²) in [6.45, 7) is 1.98. The molecule has 0 saturated heterocycles. The van der Waals surface area contributed by atoms with E-state index in [9.17, 15) is 35.8 Å². The van der Waals surface area contributed by atoms with Gasteiger partial charge in [-0.1, -0.05) is 0 Å². The highest BCUT2D eigenvalue weighted by molar-refractivity contribution is 5.65. The van der Waals surface area contributed by atoms with E-state index in [1.54, 1.807) is 0 Å². The largest absolute Gasteiger partial charge is 0.424 e. The van der Waals surface area contributed by atoms with Crippen LogP contribution in [0.3, 0.4) is 0 Å². The minimum atomic E-state index is -5.01. The van der Waals surface area contributed by atoms with Gasteiger partial charge in [-0.25, -0.2) is 9.37 Å². The van der Waals surface area contributed by atoms with Gasteiger partial charge in [0, 0.05) is 12.1 Å². The number of benzene rings is 1. The van der Waals surface area contributed by atoms with Gasteiger partial charge in [0.25, 0.3) is 0 Å². The SMILES string of the molecule is C[C@H]1Cn2c(-c3ccc(F)cc3C(F)(F)F)nnc2-c2cnc([C@@](C)(O)C(F)(F)F)n21. The van der Waals surface area contributed by atoms with Crippen molar-refractivity contribution in [2.24, 2.45) is 0 Å². The molecule has 0 bridgehead atoms. The highest BCUT2D eigenvalue weighted by Gasteiger charge is 2.55. The van der Waals surface area contributed by atoms with E-state index in [0.29, 0.717) is 13.0 Å². The van der Waals surface area contributed by atoms with Gasteiger partial charge in [-0.2, -0.15) is 26.3 Å². The molecule has 1 aliphatic heterocycles. The summed E-state index contributed by atoms with van der Waals surface area (Å²) in [4.78, 5) is 3.72. The van der Waals surface area contributed by atoms with Gasteiger partial charge >= 0.3 is 12.4 Å². The second-order valence-electron chi connectivity index (χ2n) is 7.40. The molecular weight excluding hydrogens is 435 g/mol. The number of imidazole rings is 1. The molecule has 0 fully saturated rings. The third-order valence-corrected chi connectivity index (χ3v) is 5.18. The van der Waals surface area contributed by atoms with E-state index in [0.717, 1.165) is 22.9 Å². The summed E-state index contributed by atoms with van der Waals surface area (Å²) in [5.41, 5.74) is -4.89. The maximum atomic E-state index is 13.5. The average Bonchev–Trinajstić information content (AvgIpc) is 3.25. The highest BCUT2D eigenvalue weighted by atomic mass is 19.4. The Morgan fingerprint density at radius 3 is 2.32 bits per heavy atom. The molecule has 0 saturated carbocycles. The standard InChI is InChI=1S/C18H14F7N5O/c1-8-7-29-13(10-4-3-9(19)5-11(10)17(20,21)22)27-28-14(29)12-6-26-15(30(8)12)16(2,31)18(23,24)25/h3-6,8,31H,7H2,1-2H3/t8-,16+/m0/s1. The molecule has 4 rings (SSSR count). The summed E-state index contributed by atoms with van der Waals surface area (Å²) in [6.07, 6.45) is -8.84. The summed E-state index contributed by atoms with van der Waals surface area (Å²) < 4.78 is 96.2. The fraction of sp³-hybridized carbons (Fsp3) is 0.389. The Bertz CT molecular complexity index is 1160. The number of aliphatic hydroxyl groups is 1. The van der Waals surface area contributed by atoms with Crippen LogP contribution in [0.1, 0.15) is 31.3 Å². The predicted octanol–water partition coefficient (Wildman–Crippen LogP) is 4.31. The van der Waals surface area contributed by atoms with Crippen LogP contribution in [0.25, 0.3) is 22.9 Å². The van der Waals surface area contributed by atoms with Crippen molar-refractivity contribution < 1.29 is 35.8 Å². The van der Waals surface area contributed by atoms with Gasteiger partial charge in [-0.15, -0.1) is 10.2 Å². The summed E-state index contributed by atoms with van der Waals surface area (Å²) in [7, 11) is 0. The van der Waals surface area contributed by atoms with Gasteiger partial charge in [0.15, 0.2) is 17.5 Å². The lowest BCUT2D eigenvalue weighted by Gasteiger charge is -2.31. The van der Waals surface area contributed by atoms with Crippen molar-refractivity contribution in [2.75, 3.05) is 0 Å². The van der Waals surface area contributed by atoms with Crippen LogP contribution >= 0.6 is 0 Å². The number of halogens is 7. The van der Waals surface area contributed by atoms with Crippen LogP contribution in [0.5, 0.6) is 0 Å². The van der Waals surface area contributed by atoms with E-state index in [-0.39, 0.29) is 23.9 Å². The molecule has 0 spiro atoms. The number of fused-ring (bicyclic) bond motifs is 3. The van der Waals surface area contributed by atoms with E-state index in [1.807, 2.05) is 0 Å². The second kappa shape index (κ2) is 6.52. The highest BCUT2D eigenvalue weighted by Crippen LogP contribution is 2.43. The second-order valence-corrected chi connectivity index (χ2v) is 7.40. The number of alkyl halides is 6. The molecule has 3 heterocycles. The normalized spacial score (nSPS) is 18.5. The molecule has 2 atom stereocenters. The van der Waals surface area contributed by atoms with Gasteiger partial charge in [0.2, 0.25) is 5.60 Å². The first-order chi connectivity index (χ1) is 14.2. The van der Waals surface area contributed by atoms with E-state index < -0.39 is 46.8 Å². The number of hydrogen-bond donors (Lipinski definition) is 1. The fourth-order valence-electron chi connectivity index (χ4n) is 3.62. The van der Waals surface area contributed by atoms with Crippen LogP contribution in [-0.4, -0.2) is 35.6 Å². The molecule has 3 aromatic rings. The first kappa shape index (κ1) is 21.3. The minimum Gasteiger partial charge on any atom is -0.374 e. The Balaban J connectivity index is 1.89. The third-order valence-electron chi connectivity index (χ3n) is 5.18. The quantitative estimate of drug-likeness (QED) is 0.592. The van der Waals surface area contributed by atoms with Crippen molar-refractivity contribution in [1.82, 2.24) is 24.3 Å². The van der Waals surface area contributed by atoms with Crippen LogP contribution in [0, 0.1) is 5.82 Å². The molecular formula is C18H14F7N5O. The van der Waals surface area contributed by atoms with Crippen LogP contribution in [0.15, 0.2) is 24.4 Å². The van der Waals surface area contributed by atoms with Crippen molar-refractivity contribution in [3.8, 4) is 22.9 Å². The molecule has 1 aliphatic rings. The van der Waals surface area contributed by atoms with Gasteiger partial charge in [-0.3, -0.25) is 0 Å². The van der Waals surface area contributed by atoms with E-state index >= 15 is 0 Å². The summed E-state index contributed by atoms with van der Waals surface area (Å²) in [5.74, 6) is -2.00. The van der Waals surface area contributed by atoms with Crippen molar-refractivity contribution in [1.29, 1.82) is 0 Å². The Hall–Kier alpha value is -2.96. The molecule has 0 aliphatic carbocycles. The monoisotopic (exact) mass is 449 g/mol. The number of nitrogens with zero attached hydrogens (tertiary/aromatic N) is 5. The summed E-state index contributed by atoms with van der Waals surface area (Å²) in [6, 6.07) is 1.37. The molecule has 2 aromatic heterocycles. The zero-order chi connectivity index (χ0) is 22.9. The van der Waals surface area contributed by atoms with Crippen molar-refractivity contribution >= 4 is 0 Å². The average molecular weight is 449 g/mol. The molecule has 1 aromatic carbocycles. The Labute approximate surface area is 170 Å². The van der Waals surface area contributed by atoms with Crippen LogP contribution in [0.2, 0.25) is 0 Å². The van der Waals surface area contributed by atoms with Gasteiger partial charge in [-0.05, 0) is 32.0 Å². The Kier molecular flexibility index (Phi) is 4.47. The van der Waals surface area contributed by atoms with Gasteiger partial charge in [0.1, 0.15) is 11.5 Å². The van der Waals surface area contributed by atoms with Gasteiger partial charge < -0.3 is 14.2 Å². The third kappa shape index (κ3) is 3.18. The predicted molar refractivity (Wildman–Crippen MR) is 92.0 cm³/mol. The van der Waals surface area contributed by atoms with E-state index in [1.165, 1.54) is 11.5 Å². The first-order valence-corrected chi connectivity index (χ1v) is 8.91. The maximum Gasteiger partial charge on any atom is 0.424 e. The number of aromatic nitrogens is 5.